The van der Waals surface area contributed by atoms with Crippen LogP contribution in [0.3, 0.4) is 0 Å². The van der Waals surface area contributed by atoms with E-state index in [4.69, 9.17) is 4.65 Å². The Morgan fingerprint density at radius 3 is 2.59 bits per heavy atom. The lowest BCUT2D eigenvalue weighted by molar-refractivity contribution is -0.123. The van der Waals surface area contributed by atoms with Crippen LogP contribution in [0.15, 0.2) is 0 Å². The molecule has 0 aromatic rings. The molecule has 1 aliphatic heterocycles. The van der Waals surface area contributed by atoms with Gasteiger partial charge in [0.1, 0.15) is 5.78 Å². The van der Waals surface area contributed by atoms with Crippen molar-refractivity contribution in [2.75, 3.05) is 0 Å². The van der Waals surface area contributed by atoms with E-state index in [0.29, 0.717) is 19.3 Å². The standard InChI is InChI=1S/C11H18BNO4/c1-7(14)6-9-4-5-10(12(16)17-9)13-11(15)8-2-3-8/h8-10,16H,2-6H2,1H3,(H,13,15)/t9?,10-/m0/s1. The third-order valence-corrected chi connectivity index (χ3v) is 3.27. The molecule has 0 aromatic carbocycles. The number of Topliss-reactive ketones (excluding diaryl/α,β-unsaturated/α-hetero) is 1. The molecule has 1 aliphatic carbocycles. The zero-order chi connectivity index (χ0) is 12.4. The van der Waals surface area contributed by atoms with E-state index >= 15 is 0 Å². The van der Waals surface area contributed by atoms with Gasteiger partial charge in [-0.2, -0.15) is 0 Å². The van der Waals surface area contributed by atoms with Crippen LogP contribution in [0.1, 0.15) is 39.0 Å². The molecular formula is C11H18BNO4. The first kappa shape index (κ1) is 12.6. The van der Waals surface area contributed by atoms with Crippen molar-refractivity contribution in [2.24, 2.45) is 5.92 Å². The molecule has 1 amide bonds. The Morgan fingerprint density at radius 2 is 2.06 bits per heavy atom. The van der Waals surface area contributed by atoms with E-state index in [1.807, 2.05) is 0 Å². The fraction of sp³-hybridized carbons (Fsp3) is 0.818. The summed E-state index contributed by atoms with van der Waals surface area (Å²) >= 11 is 0. The van der Waals surface area contributed by atoms with Crippen molar-refractivity contribution >= 4 is 18.8 Å². The van der Waals surface area contributed by atoms with Crippen LogP contribution < -0.4 is 5.32 Å². The van der Waals surface area contributed by atoms with Crippen molar-refractivity contribution in [1.29, 1.82) is 0 Å². The van der Waals surface area contributed by atoms with Crippen molar-refractivity contribution in [3.63, 3.8) is 0 Å². The van der Waals surface area contributed by atoms with E-state index in [2.05, 4.69) is 5.32 Å². The number of ketones is 1. The van der Waals surface area contributed by atoms with E-state index in [1.54, 1.807) is 0 Å². The Morgan fingerprint density at radius 1 is 1.35 bits per heavy atom. The van der Waals surface area contributed by atoms with Crippen molar-refractivity contribution in [2.45, 2.75) is 51.1 Å². The first-order chi connectivity index (χ1) is 8.06. The molecule has 2 atom stereocenters. The molecule has 5 nitrogen and oxygen atoms in total. The van der Waals surface area contributed by atoms with Gasteiger partial charge in [0.25, 0.3) is 0 Å². The molecule has 2 aliphatic rings. The minimum absolute atomic E-state index is 0.0164. The summed E-state index contributed by atoms with van der Waals surface area (Å²) in [5.41, 5.74) is 0. The molecule has 0 spiro atoms. The summed E-state index contributed by atoms with van der Waals surface area (Å²) < 4.78 is 5.33. The van der Waals surface area contributed by atoms with Gasteiger partial charge in [-0.15, -0.1) is 0 Å². The Hall–Kier alpha value is -0.875. The summed E-state index contributed by atoms with van der Waals surface area (Å²) in [6, 6.07) is 0. The van der Waals surface area contributed by atoms with E-state index in [0.717, 1.165) is 12.8 Å². The highest BCUT2D eigenvalue weighted by Crippen LogP contribution is 2.29. The average Bonchev–Trinajstić information content (AvgIpc) is 3.04. The van der Waals surface area contributed by atoms with Crippen molar-refractivity contribution in [1.82, 2.24) is 5.32 Å². The summed E-state index contributed by atoms with van der Waals surface area (Å²) in [5, 5.41) is 12.6. The van der Waals surface area contributed by atoms with Gasteiger partial charge >= 0.3 is 7.12 Å². The van der Waals surface area contributed by atoms with Crippen LogP contribution >= 0.6 is 0 Å². The molecule has 0 radical (unpaired) electrons. The van der Waals surface area contributed by atoms with E-state index in [-0.39, 0.29) is 29.7 Å². The van der Waals surface area contributed by atoms with Crippen LogP contribution in [-0.2, 0) is 14.2 Å². The van der Waals surface area contributed by atoms with Gasteiger partial charge in [-0.05, 0) is 32.6 Å². The first-order valence-corrected chi connectivity index (χ1v) is 6.19. The van der Waals surface area contributed by atoms with Crippen molar-refractivity contribution < 1.29 is 19.3 Å². The summed E-state index contributed by atoms with van der Waals surface area (Å²) in [6.45, 7) is 1.51. The number of carbonyl (C=O) groups is 2. The van der Waals surface area contributed by atoms with Crippen LogP contribution in [0.5, 0.6) is 0 Å². The predicted molar refractivity (Wildman–Crippen MR) is 62.0 cm³/mol. The third-order valence-electron chi connectivity index (χ3n) is 3.27. The van der Waals surface area contributed by atoms with Crippen LogP contribution in [0.4, 0.5) is 0 Å². The second-order valence-corrected chi connectivity index (χ2v) is 5.02. The van der Waals surface area contributed by atoms with Crippen LogP contribution in [0.25, 0.3) is 0 Å². The molecule has 0 bridgehead atoms. The molecule has 0 aromatic heterocycles. The number of nitrogens with one attached hydrogen (secondary N) is 1. The highest BCUT2D eigenvalue weighted by atomic mass is 16.5. The maximum Gasteiger partial charge on any atom is 0.478 e. The van der Waals surface area contributed by atoms with Gasteiger partial charge in [-0.25, -0.2) is 0 Å². The second-order valence-electron chi connectivity index (χ2n) is 5.02. The Kier molecular flexibility index (Phi) is 3.84. The van der Waals surface area contributed by atoms with Gasteiger partial charge in [0.15, 0.2) is 0 Å². The van der Waals surface area contributed by atoms with Gasteiger partial charge in [0.05, 0.1) is 5.94 Å². The highest BCUT2D eigenvalue weighted by molar-refractivity contribution is 6.45. The molecule has 1 heterocycles. The largest absolute Gasteiger partial charge is 0.478 e. The molecular weight excluding hydrogens is 221 g/mol. The van der Waals surface area contributed by atoms with E-state index in [1.165, 1.54) is 6.92 Å². The Labute approximate surface area is 101 Å². The molecule has 94 valence electrons. The smallest absolute Gasteiger partial charge is 0.426 e. The average molecular weight is 239 g/mol. The normalized spacial score (nSPS) is 28.9. The molecule has 2 N–H and O–H groups in total. The van der Waals surface area contributed by atoms with Crippen LogP contribution in [0.2, 0.25) is 0 Å². The summed E-state index contributed by atoms with van der Waals surface area (Å²) in [4.78, 5) is 22.5. The quantitative estimate of drug-likeness (QED) is 0.680. The van der Waals surface area contributed by atoms with Crippen LogP contribution in [0, 0.1) is 5.92 Å². The first-order valence-electron chi connectivity index (χ1n) is 6.19. The molecule has 6 heteroatoms. The van der Waals surface area contributed by atoms with Gasteiger partial charge in [-0.3, -0.25) is 9.59 Å². The molecule has 2 fully saturated rings. The monoisotopic (exact) mass is 239 g/mol. The summed E-state index contributed by atoms with van der Waals surface area (Å²) in [7, 11) is -0.990. The number of hydrogen-bond donors (Lipinski definition) is 2. The fourth-order valence-corrected chi connectivity index (χ4v) is 2.13. The lowest BCUT2D eigenvalue weighted by Crippen LogP contribution is -2.53. The second kappa shape index (κ2) is 5.18. The highest BCUT2D eigenvalue weighted by Gasteiger charge is 2.39. The van der Waals surface area contributed by atoms with Crippen LogP contribution in [-0.4, -0.2) is 35.9 Å². The molecule has 1 unspecified atom stereocenters. The zero-order valence-corrected chi connectivity index (χ0v) is 10.0. The van der Waals surface area contributed by atoms with Gasteiger partial charge in [0, 0.05) is 18.4 Å². The lowest BCUT2D eigenvalue weighted by atomic mass is 9.72. The number of rotatable bonds is 4. The van der Waals surface area contributed by atoms with Gasteiger partial charge in [0.2, 0.25) is 5.91 Å². The molecule has 1 saturated carbocycles. The zero-order valence-electron chi connectivity index (χ0n) is 10.0. The SMILES string of the molecule is CC(=O)CC1CC[C@H](NC(=O)C2CC2)B(O)O1. The minimum atomic E-state index is -0.990. The summed E-state index contributed by atoms with van der Waals surface area (Å²) in [6.07, 6.45) is 3.38. The third kappa shape index (κ3) is 3.54. The fourth-order valence-electron chi connectivity index (χ4n) is 2.13. The maximum absolute atomic E-state index is 11.5. The molecule has 1 saturated heterocycles. The van der Waals surface area contributed by atoms with E-state index < -0.39 is 7.12 Å². The van der Waals surface area contributed by atoms with E-state index in [9.17, 15) is 14.6 Å². The number of carbonyl (C=O) groups excluding carboxylic acids is 2. The summed E-state index contributed by atoms with van der Waals surface area (Å²) in [5.74, 6) is -0.117. The number of hydrogen-bond acceptors (Lipinski definition) is 4. The number of amides is 1. The topological polar surface area (TPSA) is 75.6 Å². The minimum Gasteiger partial charge on any atom is -0.426 e. The van der Waals surface area contributed by atoms with Crippen molar-refractivity contribution in [3.8, 4) is 0 Å². The Bertz CT molecular complexity index is 319. The van der Waals surface area contributed by atoms with Gasteiger partial charge < -0.3 is 15.0 Å². The molecule has 17 heavy (non-hydrogen) atoms. The molecule has 2 rings (SSSR count). The predicted octanol–water partition coefficient (Wildman–Crippen LogP) is 0.0590. The van der Waals surface area contributed by atoms with Gasteiger partial charge in [-0.1, -0.05) is 0 Å². The Balaban J connectivity index is 1.78. The van der Waals surface area contributed by atoms with Crippen molar-refractivity contribution in [3.05, 3.63) is 0 Å². The maximum atomic E-state index is 11.5. The lowest BCUT2D eigenvalue weighted by Gasteiger charge is -2.31.